The molecule has 1 rings (SSSR count). The van der Waals surface area contributed by atoms with Crippen molar-refractivity contribution in [1.29, 1.82) is 0 Å². The molecule has 0 unspecified atom stereocenters. The Morgan fingerprint density at radius 2 is 1.94 bits per heavy atom. The molecule has 0 amide bonds. The summed E-state index contributed by atoms with van der Waals surface area (Å²) in [6, 6.07) is 4.19. The lowest BCUT2D eigenvalue weighted by Gasteiger charge is -2.27. The van der Waals surface area contributed by atoms with Gasteiger partial charge < -0.3 is 10.6 Å². The summed E-state index contributed by atoms with van der Waals surface area (Å²) in [6.07, 6.45) is 4.31. The summed E-state index contributed by atoms with van der Waals surface area (Å²) in [5, 5.41) is 0. The lowest BCUT2D eigenvalue weighted by Crippen LogP contribution is -2.29. The van der Waals surface area contributed by atoms with E-state index in [-0.39, 0.29) is 6.04 Å². The molecule has 1 aromatic rings. The fraction of sp³-hybridized carbons (Fsp3) is 0.667. The minimum absolute atomic E-state index is 0.0682. The first-order valence-electron chi connectivity index (χ1n) is 7.08. The van der Waals surface area contributed by atoms with E-state index in [0.29, 0.717) is 0 Å². The number of hydrogen-bond donors (Lipinski definition) is 1. The molecule has 2 N–H and O–H groups in total. The topological polar surface area (TPSA) is 42.1 Å². The summed E-state index contributed by atoms with van der Waals surface area (Å²) in [4.78, 5) is 6.84. The largest absolute Gasteiger partial charge is 0.357 e. The molecule has 3 nitrogen and oxygen atoms in total. The number of nitrogens with zero attached hydrogens (tertiary/aromatic N) is 2. The molecule has 0 bridgehead atoms. The second-order valence-corrected chi connectivity index (χ2v) is 4.96. The lowest BCUT2D eigenvalue weighted by atomic mass is 10.0. The zero-order valence-electron chi connectivity index (χ0n) is 12.2. The molecular formula is C15H27N3. The highest BCUT2D eigenvalue weighted by Crippen LogP contribution is 2.19. The normalized spacial score (nSPS) is 12.8. The molecule has 0 saturated carbocycles. The van der Waals surface area contributed by atoms with E-state index >= 15 is 0 Å². The molecule has 0 aliphatic rings. The van der Waals surface area contributed by atoms with Crippen LogP contribution in [0.25, 0.3) is 0 Å². The summed E-state index contributed by atoms with van der Waals surface area (Å²) in [7, 11) is 0. The van der Waals surface area contributed by atoms with Crippen LogP contribution in [0.1, 0.15) is 52.1 Å². The fourth-order valence-corrected chi connectivity index (χ4v) is 2.13. The molecule has 3 heteroatoms. The highest BCUT2D eigenvalue weighted by molar-refractivity contribution is 5.41. The van der Waals surface area contributed by atoms with E-state index in [1.54, 1.807) is 0 Å². The summed E-state index contributed by atoms with van der Waals surface area (Å²) < 4.78 is 0. The summed E-state index contributed by atoms with van der Waals surface area (Å²) in [6.45, 7) is 10.8. The Hall–Kier alpha value is -1.09. The second-order valence-electron chi connectivity index (χ2n) is 4.96. The van der Waals surface area contributed by atoms with Gasteiger partial charge in [-0.15, -0.1) is 0 Å². The summed E-state index contributed by atoms with van der Waals surface area (Å²) >= 11 is 0. The van der Waals surface area contributed by atoms with Crippen LogP contribution in [0.2, 0.25) is 0 Å². The fourth-order valence-electron chi connectivity index (χ4n) is 2.13. The molecule has 102 valence electrons. The molecule has 0 aliphatic carbocycles. The zero-order chi connectivity index (χ0) is 13.5. The summed E-state index contributed by atoms with van der Waals surface area (Å²) in [5.41, 5.74) is 7.09. The van der Waals surface area contributed by atoms with Crippen LogP contribution in [0.15, 0.2) is 18.3 Å². The van der Waals surface area contributed by atoms with Crippen molar-refractivity contribution in [2.45, 2.75) is 46.6 Å². The van der Waals surface area contributed by atoms with E-state index < -0.39 is 0 Å². The molecule has 18 heavy (non-hydrogen) atoms. The average Bonchev–Trinajstić information content (AvgIpc) is 2.40. The van der Waals surface area contributed by atoms with Crippen molar-refractivity contribution in [1.82, 2.24) is 4.98 Å². The first-order valence-corrected chi connectivity index (χ1v) is 7.08. The minimum Gasteiger partial charge on any atom is -0.357 e. The molecule has 1 aromatic heterocycles. The molecule has 0 aromatic carbocycles. The van der Waals surface area contributed by atoms with E-state index in [2.05, 4.69) is 36.7 Å². The molecule has 0 fully saturated rings. The van der Waals surface area contributed by atoms with Gasteiger partial charge in [-0.25, -0.2) is 4.98 Å². The van der Waals surface area contributed by atoms with Gasteiger partial charge in [0, 0.05) is 25.3 Å². The number of hydrogen-bond acceptors (Lipinski definition) is 3. The quantitative estimate of drug-likeness (QED) is 0.805. The van der Waals surface area contributed by atoms with Crippen LogP contribution in [0.3, 0.4) is 0 Å². The zero-order valence-corrected chi connectivity index (χ0v) is 12.2. The van der Waals surface area contributed by atoms with Gasteiger partial charge in [0.15, 0.2) is 0 Å². The SMILES string of the molecule is CCC(CC)CN(CC)c1cc([C@H](C)N)ccn1. The minimum atomic E-state index is 0.0682. The van der Waals surface area contributed by atoms with E-state index in [9.17, 15) is 0 Å². The molecule has 0 saturated heterocycles. The number of pyridine rings is 1. The van der Waals surface area contributed by atoms with Crippen molar-refractivity contribution in [3.63, 3.8) is 0 Å². The first kappa shape index (κ1) is 15.0. The predicted molar refractivity (Wildman–Crippen MR) is 78.8 cm³/mol. The van der Waals surface area contributed by atoms with E-state index in [1.165, 1.54) is 12.8 Å². The van der Waals surface area contributed by atoms with Gasteiger partial charge in [0.2, 0.25) is 0 Å². The molecule has 1 heterocycles. The standard InChI is InChI=1S/C15H27N3/c1-5-13(6-2)11-18(7-3)15-10-14(12(4)16)8-9-17-15/h8-10,12-13H,5-7,11,16H2,1-4H3/t12-/m0/s1. The van der Waals surface area contributed by atoms with Gasteiger partial charge in [0.25, 0.3) is 0 Å². The lowest BCUT2D eigenvalue weighted by molar-refractivity contribution is 0.484. The number of aromatic nitrogens is 1. The maximum absolute atomic E-state index is 5.93. The van der Waals surface area contributed by atoms with Gasteiger partial charge in [-0.05, 0) is 37.5 Å². The third-order valence-electron chi connectivity index (χ3n) is 3.63. The average molecular weight is 249 g/mol. The number of rotatable bonds is 7. The smallest absolute Gasteiger partial charge is 0.128 e. The Morgan fingerprint density at radius 3 is 2.44 bits per heavy atom. The van der Waals surface area contributed by atoms with Gasteiger partial charge in [-0.3, -0.25) is 0 Å². The first-order chi connectivity index (χ1) is 8.62. The van der Waals surface area contributed by atoms with Gasteiger partial charge in [-0.2, -0.15) is 0 Å². The Morgan fingerprint density at radius 1 is 1.28 bits per heavy atom. The maximum Gasteiger partial charge on any atom is 0.128 e. The third kappa shape index (κ3) is 3.98. The highest BCUT2D eigenvalue weighted by Gasteiger charge is 2.12. The predicted octanol–water partition coefficient (Wildman–Crippen LogP) is 3.36. The number of anilines is 1. The molecular weight excluding hydrogens is 222 g/mol. The van der Waals surface area contributed by atoms with Crippen molar-refractivity contribution in [3.8, 4) is 0 Å². The Kier molecular flexibility index (Phi) is 6.13. The molecule has 0 spiro atoms. The van der Waals surface area contributed by atoms with Crippen molar-refractivity contribution in [2.75, 3.05) is 18.0 Å². The number of nitrogens with two attached hydrogens (primary N) is 1. The van der Waals surface area contributed by atoms with Crippen LogP contribution < -0.4 is 10.6 Å². The molecule has 1 atom stereocenters. The van der Waals surface area contributed by atoms with Crippen molar-refractivity contribution >= 4 is 5.82 Å². The van der Waals surface area contributed by atoms with Crippen LogP contribution in [-0.2, 0) is 0 Å². The van der Waals surface area contributed by atoms with Crippen LogP contribution >= 0.6 is 0 Å². The van der Waals surface area contributed by atoms with Crippen LogP contribution in [0, 0.1) is 5.92 Å². The Balaban J connectivity index is 2.84. The van der Waals surface area contributed by atoms with Gasteiger partial charge in [0.05, 0.1) is 0 Å². The van der Waals surface area contributed by atoms with Gasteiger partial charge in [0.1, 0.15) is 5.82 Å². The van der Waals surface area contributed by atoms with E-state index in [0.717, 1.165) is 30.4 Å². The van der Waals surface area contributed by atoms with Crippen molar-refractivity contribution < 1.29 is 0 Å². The van der Waals surface area contributed by atoms with Gasteiger partial charge >= 0.3 is 0 Å². The molecule has 0 aliphatic heterocycles. The Labute approximate surface area is 111 Å². The molecule has 0 radical (unpaired) electrons. The Bertz CT molecular complexity index is 345. The van der Waals surface area contributed by atoms with Crippen LogP contribution in [-0.4, -0.2) is 18.1 Å². The van der Waals surface area contributed by atoms with E-state index in [1.807, 2.05) is 19.2 Å². The monoisotopic (exact) mass is 249 g/mol. The van der Waals surface area contributed by atoms with Gasteiger partial charge in [-0.1, -0.05) is 26.7 Å². The second kappa shape index (κ2) is 7.37. The third-order valence-corrected chi connectivity index (χ3v) is 3.63. The maximum atomic E-state index is 5.93. The highest BCUT2D eigenvalue weighted by atomic mass is 15.2. The van der Waals surface area contributed by atoms with Crippen molar-refractivity contribution in [2.24, 2.45) is 11.7 Å². The van der Waals surface area contributed by atoms with Crippen LogP contribution in [0.4, 0.5) is 5.82 Å². The van der Waals surface area contributed by atoms with Crippen molar-refractivity contribution in [3.05, 3.63) is 23.9 Å². The van der Waals surface area contributed by atoms with E-state index in [4.69, 9.17) is 5.73 Å². The van der Waals surface area contributed by atoms with Crippen LogP contribution in [0.5, 0.6) is 0 Å². The summed E-state index contributed by atoms with van der Waals surface area (Å²) in [5.74, 6) is 1.80.